The van der Waals surface area contributed by atoms with E-state index in [0.29, 0.717) is 0 Å². The smallest absolute Gasteiger partial charge is 0.00399 e. The zero-order chi connectivity index (χ0) is 7.94. The van der Waals surface area contributed by atoms with Crippen LogP contribution in [-0.2, 0) is 0 Å². The predicted octanol–water partition coefficient (Wildman–Crippen LogP) is 2.62. The zero-order valence-electron chi connectivity index (χ0n) is 7.31. The van der Waals surface area contributed by atoms with Gasteiger partial charge in [-0.3, -0.25) is 0 Å². The molecule has 0 atom stereocenters. The van der Waals surface area contributed by atoms with Crippen LogP contribution in [0.2, 0.25) is 0 Å². The highest BCUT2D eigenvalue weighted by Gasteiger charge is 2.00. The monoisotopic (exact) mass is 153 g/mol. The minimum atomic E-state index is 0.825. The fraction of sp³-hybridized carbons (Fsp3) is 0.800. The van der Waals surface area contributed by atoms with Crippen molar-refractivity contribution in [3.63, 3.8) is 0 Å². The van der Waals surface area contributed by atoms with Gasteiger partial charge in [-0.1, -0.05) is 24.5 Å². The molecule has 1 aliphatic carbocycles. The predicted molar refractivity (Wildman–Crippen MR) is 49.5 cm³/mol. The molecule has 0 aromatic carbocycles. The van der Waals surface area contributed by atoms with Gasteiger partial charge in [0.1, 0.15) is 0 Å². The first kappa shape index (κ1) is 8.79. The molecule has 0 heterocycles. The van der Waals surface area contributed by atoms with Crippen molar-refractivity contribution < 1.29 is 0 Å². The molecule has 0 aromatic rings. The number of rotatable bonds is 2. The molecular weight excluding hydrogens is 134 g/mol. The van der Waals surface area contributed by atoms with Crippen molar-refractivity contribution in [2.45, 2.75) is 44.9 Å². The third-order valence-corrected chi connectivity index (χ3v) is 2.35. The second-order valence-corrected chi connectivity index (χ2v) is 3.35. The SMILES string of the molecule is NCC/C1=C/CCCCCC1. The second-order valence-electron chi connectivity index (χ2n) is 3.35. The molecule has 1 heteroatoms. The van der Waals surface area contributed by atoms with Gasteiger partial charge >= 0.3 is 0 Å². The van der Waals surface area contributed by atoms with Crippen molar-refractivity contribution in [2.75, 3.05) is 6.54 Å². The average Bonchev–Trinajstić information content (AvgIpc) is 1.94. The fourth-order valence-electron chi connectivity index (χ4n) is 1.67. The van der Waals surface area contributed by atoms with Crippen LogP contribution < -0.4 is 5.73 Å². The molecule has 1 rings (SSSR count). The first-order chi connectivity index (χ1) is 5.43. The lowest BCUT2D eigenvalue weighted by atomic mass is 9.98. The number of hydrogen-bond donors (Lipinski definition) is 1. The summed E-state index contributed by atoms with van der Waals surface area (Å²) < 4.78 is 0. The highest BCUT2D eigenvalue weighted by atomic mass is 14.5. The summed E-state index contributed by atoms with van der Waals surface area (Å²) in [6.07, 6.45) is 11.7. The van der Waals surface area contributed by atoms with Crippen LogP contribution in [0.1, 0.15) is 44.9 Å². The Hall–Kier alpha value is -0.300. The van der Waals surface area contributed by atoms with Crippen LogP contribution >= 0.6 is 0 Å². The summed E-state index contributed by atoms with van der Waals surface area (Å²) >= 11 is 0. The molecule has 2 N–H and O–H groups in total. The molecule has 0 unspecified atom stereocenters. The maximum atomic E-state index is 5.51. The van der Waals surface area contributed by atoms with Crippen molar-refractivity contribution in [3.05, 3.63) is 11.6 Å². The second kappa shape index (κ2) is 5.36. The average molecular weight is 153 g/mol. The van der Waals surface area contributed by atoms with Crippen LogP contribution in [0.5, 0.6) is 0 Å². The zero-order valence-corrected chi connectivity index (χ0v) is 7.31. The quantitative estimate of drug-likeness (QED) is 0.606. The van der Waals surface area contributed by atoms with Crippen molar-refractivity contribution in [2.24, 2.45) is 5.73 Å². The molecule has 0 saturated carbocycles. The van der Waals surface area contributed by atoms with Crippen molar-refractivity contribution in [3.8, 4) is 0 Å². The van der Waals surface area contributed by atoms with Gasteiger partial charge in [-0.25, -0.2) is 0 Å². The Morgan fingerprint density at radius 2 is 2.00 bits per heavy atom. The summed E-state index contributed by atoms with van der Waals surface area (Å²) in [5, 5.41) is 0. The summed E-state index contributed by atoms with van der Waals surface area (Å²) in [5.41, 5.74) is 7.11. The largest absolute Gasteiger partial charge is 0.330 e. The third-order valence-electron chi connectivity index (χ3n) is 2.35. The van der Waals surface area contributed by atoms with Gasteiger partial charge in [0.25, 0.3) is 0 Å². The number of hydrogen-bond acceptors (Lipinski definition) is 1. The lowest BCUT2D eigenvalue weighted by Gasteiger charge is -2.09. The Kier molecular flexibility index (Phi) is 4.29. The van der Waals surface area contributed by atoms with Gasteiger partial charge in [0, 0.05) is 0 Å². The Balaban J connectivity index is 2.32. The lowest BCUT2D eigenvalue weighted by molar-refractivity contribution is 0.615. The molecule has 0 aliphatic heterocycles. The molecule has 0 amide bonds. The maximum absolute atomic E-state index is 5.51. The Morgan fingerprint density at radius 3 is 2.82 bits per heavy atom. The molecule has 0 fully saturated rings. The van der Waals surface area contributed by atoms with Crippen LogP contribution in [0.25, 0.3) is 0 Å². The van der Waals surface area contributed by atoms with E-state index < -0.39 is 0 Å². The first-order valence-electron chi connectivity index (χ1n) is 4.81. The first-order valence-corrected chi connectivity index (χ1v) is 4.81. The van der Waals surface area contributed by atoms with E-state index in [9.17, 15) is 0 Å². The molecule has 0 spiro atoms. The summed E-state index contributed by atoms with van der Waals surface area (Å²) in [4.78, 5) is 0. The molecule has 64 valence electrons. The van der Waals surface area contributed by atoms with E-state index in [0.717, 1.165) is 13.0 Å². The van der Waals surface area contributed by atoms with Gasteiger partial charge in [-0.2, -0.15) is 0 Å². The summed E-state index contributed by atoms with van der Waals surface area (Å²) in [7, 11) is 0. The van der Waals surface area contributed by atoms with Crippen molar-refractivity contribution in [1.82, 2.24) is 0 Å². The fourth-order valence-corrected chi connectivity index (χ4v) is 1.67. The minimum Gasteiger partial charge on any atom is -0.330 e. The molecule has 1 aliphatic rings. The van der Waals surface area contributed by atoms with Crippen molar-refractivity contribution >= 4 is 0 Å². The van der Waals surface area contributed by atoms with E-state index in [2.05, 4.69) is 6.08 Å². The van der Waals surface area contributed by atoms with E-state index in [1.165, 1.54) is 38.5 Å². The molecule has 0 bridgehead atoms. The van der Waals surface area contributed by atoms with Crippen molar-refractivity contribution in [1.29, 1.82) is 0 Å². The normalized spacial score (nSPS) is 25.0. The van der Waals surface area contributed by atoms with Crippen LogP contribution in [0.15, 0.2) is 11.6 Å². The number of allylic oxidation sites excluding steroid dienone is 1. The van der Waals surface area contributed by atoms with E-state index in [-0.39, 0.29) is 0 Å². The molecule has 0 radical (unpaired) electrons. The standard InChI is InChI=1S/C10H19N/c11-9-8-10-6-4-2-1-3-5-7-10/h6H,1-5,7-9,11H2/b10-6+. The highest BCUT2D eigenvalue weighted by Crippen LogP contribution is 2.18. The summed E-state index contributed by atoms with van der Waals surface area (Å²) in [6.45, 7) is 0.825. The van der Waals surface area contributed by atoms with Gasteiger partial charge in [0.15, 0.2) is 0 Å². The molecule has 11 heavy (non-hydrogen) atoms. The summed E-state index contributed by atoms with van der Waals surface area (Å²) in [6, 6.07) is 0. The molecule has 1 nitrogen and oxygen atoms in total. The van der Waals surface area contributed by atoms with E-state index >= 15 is 0 Å². The van der Waals surface area contributed by atoms with Gasteiger partial charge < -0.3 is 5.73 Å². The van der Waals surface area contributed by atoms with Crippen LogP contribution in [0.4, 0.5) is 0 Å². The Labute approximate surface area is 69.7 Å². The van der Waals surface area contributed by atoms with E-state index in [1.807, 2.05) is 0 Å². The van der Waals surface area contributed by atoms with Crippen LogP contribution in [0.3, 0.4) is 0 Å². The maximum Gasteiger partial charge on any atom is -0.00399 e. The van der Waals surface area contributed by atoms with Crippen LogP contribution in [0, 0.1) is 0 Å². The van der Waals surface area contributed by atoms with Gasteiger partial charge in [-0.15, -0.1) is 0 Å². The number of nitrogens with two attached hydrogens (primary N) is 1. The van der Waals surface area contributed by atoms with E-state index in [1.54, 1.807) is 5.57 Å². The topological polar surface area (TPSA) is 26.0 Å². The van der Waals surface area contributed by atoms with E-state index in [4.69, 9.17) is 5.73 Å². The van der Waals surface area contributed by atoms with Gasteiger partial charge in [-0.05, 0) is 38.6 Å². The highest BCUT2D eigenvalue weighted by molar-refractivity contribution is 5.02. The molecular formula is C10H19N. The molecule has 0 aromatic heterocycles. The van der Waals surface area contributed by atoms with Gasteiger partial charge in [0.05, 0.1) is 0 Å². The molecule has 0 saturated heterocycles. The van der Waals surface area contributed by atoms with Gasteiger partial charge in [0.2, 0.25) is 0 Å². The van der Waals surface area contributed by atoms with Crippen LogP contribution in [-0.4, -0.2) is 6.54 Å². The summed E-state index contributed by atoms with van der Waals surface area (Å²) in [5.74, 6) is 0. The lowest BCUT2D eigenvalue weighted by Crippen LogP contribution is -2.01. The third kappa shape index (κ3) is 3.57. The minimum absolute atomic E-state index is 0.825. The Morgan fingerprint density at radius 1 is 1.18 bits per heavy atom. The Bertz CT molecular complexity index is 127.